The molecule has 108 valence electrons. The molecule has 1 aromatic rings. The van der Waals surface area contributed by atoms with Crippen molar-refractivity contribution in [1.82, 2.24) is 4.90 Å². The second-order valence-electron chi connectivity index (χ2n) is 4.85. The quantitative estimate of drug-likeness (QED) is 0.802. The van der Waals surface area contributed by atoms with Crippen LogP contribution in [0.2, 0.25) is 5.02 Å². The Balaban J connectivity index is 1.96. The summed E-state index contributed by atoms with van der Waals surface area (Å²) in [6.07, 6.45) is 5.08. The van der Waals surface area contributed by atoms with Gasteiger partial charge in [-0.3, -0.25) is 9.59 Å². The Morgan fingerprint density at radius 1 is 1.25 bits per heavy atom. The van der Waals surface area contributed by atoms with Gasteiger partial charge in [0.2, 0.25) is 0 Å². The average molecular weight is 296 g/mol. The molecule has 1 saturated heterocycles. The molecule has 0 radical (unpaired) electrons. The Morgan fingerprint density at radius 3 is 2.60 bits per heavy atom. The topological polar surface area (TPSA) is 46.6 Å². The molecule has 1 fully saturated rings. The second kappa shape index (κ2) is 7.29. The molecule has 20 heavy (non-hydrogen) atoms. The number of carbonyl (C=O) groups is 2. The van der Waals surface area contributed by atoms with E-state index in [1.807, 2.05) is 4.90 Å². The number of halogens is 1. The number of hydrogen-bond donors (Lipinski definition) is 0. The van der Waals surface area contributed by atoms with Crippen molar-refractivity contribution in [2.45, 2.75) is 25.7 Å². The van der Waals surface area contributed by atoms with Gasteiger partial charge in [-0.2, -0.15) is 0 Å². The summed E-state index contributed by atoms with van der Waals surface area (Å²) in [6.45, 7) is 1.53. The van der Waals surface area contributed by atoms with Crippen molar-refractivity contribution >= 4 is 23.8 Å². The van der Waals surface area contributed by atoms with Crippen LogP contribution in [0, 0.1) is 0 Å². The van der Waals surface area contributed by atoms with Crippen LogP contribution >= 0.6 is 11.6 Å². The van der Waals surface area contributed by atoms with Crippen molar-refractivity contribution in [3.63, 3.8) is 0 Å². The van der Waals surface area contributed by atoms with Crippen LogP contribution in [-0.4, -0.2) is 36.8 Å². The van der Waals surface area contributed by atoms with Crippen molar-refractivity contribution in [1.29, 1.82) is 0 Å². The summed E-state index contributed by atoms with van der Waals surface area (Å²) < 4.78 is 5.46. The van der Waals surface area contributed by atoms with Gasteiger partial charge >= 0.3 is 0 Å². The predicted octanol–water partition coefficient (Wildman–Crippen LogP) is 2.93. The first-order chi connectivity index (χ1) is 9.72. The van der Waals surface area contributed by atoms with Crippen LogP contribution < -0.4 is 4.74 Å². The summed E-state index contributed by atoms with van der Waals surface area (Å²) in [6, 6.07) is 4.96. The highest BCUT2D eigenvalue weighted by atomic mass is 35.5. The van der Waals surface area contributed by atoms with Gasteiger partial charge in [0.05, 0.1) is 10.6 Å². The molecule has 0 spiro atoms. The SMILES string of the molecule is O=Cc1c(Cl)cccc1OCC(=O)N1CCCCCC1. The first-order valence-electron chi connectivity index (χ1n) is 6.86. The Kier molecular flexibility index (Phi) is 5.41. The van der Waals surface area contributed by atoms with Gasteiger partial charge in [-0.15, -0.1) is 0 Å². The van der Waals surface area contributed by atoms with E-state index in [0.29, 0.717) is 17.1 Å². The fraction of sp³-hybridized carbons (Fsp3) is 0.467. The Hall–Kier alpha value is -1.55. The standard InChI is InChI=1S/C15H18ClNO3/c16-13-6-5-7-14(12(13)10-18)20-11-15(19)17-8-3-1-2-4-9-17/h5-7,10H,1-4,8-9,11H2. The normalized spacial score (nSPS) is 15.6. The molecule has 1 heterocycles. The van der Waals surface area contributed by atoms with Gasteiger partial charge < -0.3 is 9.64 Å². The summed E-state index contributed by atoms with van der Waals surface area (Å²) in [5, 5.41) is 0.333. The Morgan fingerprint density at radius 2 is 1.95 bits per heavy atom. The number of hydrogen-bond acceptors (Lipinski definition) is 3. The van der Waals surface area contributed by atoms with Crippen molar-refractivity contribution in [2.75, 3.05) is 19.7 Å². The van der Waals surface area contributed by atoms with E-state index >= 15 is 0 Å². The summed E-state index contributed by atoms with van der Waals surface area (Å²) in [5.41, 5.74) is 0.290. The molecular weight excluding hydrogens is 278 g/mol. The minimum atomic E-state index is -0.0544. The predicted molar refractivity (Wildman–Crippen MR) is 77.4 cm³/mol. The number of ether oxygens (including phenoxy) is 1. The van der Waals surface area contributed by atoms with E-state index in [1.165, 1.54) is 12.8 Å². The van der Waals surface area contributed by atoms with Gasteiger partial charge in [0, 0.05) is 13.1 Å². The third kappa shape index (κ3) is 3.73. The lowest BCUT2D eigenvalue weighted by atomic mass is 10.2. The molecule has 2 rings (SSSR count). The molecule has 0 N–H and O–H groups in total. The molecule has 0 atom stereocenters. The monoisotopic (exact) mass is 295 g/mol. The minimum absolute atomic E-state index is 0.0382. The first kappa shape index (κ1) is 14.9. The maximum absolute atomic E-state index is 12.1. The fourth-order valence-electron chi connectivity index (χ4n) is 2.31. The third-order valence-electron chi connectivity index (χ3n) is 3.44. The van der Waals surface area contributed by atoms with E-state index in [9.17, 15) is 9.59 Å². The van der Waals surface area contributed by atoms with Crippen molar-refractivity contribution < 1.29 is 14.3 Å². The molecule has 5 heteroatoms. The van der Waals surface area contributed by atoms with Gasteiger partial charge in [0.1, 0.15) is 5.75 Å². The van der Waals surface area contributed by atoms with E-state index in [2.05, 4.69) is 0 Å². The lowest BCUT2D eigenvalue weighted by Gasteiger charge is -2.20. The van der Waals surface area contributed by atoms with E-state index in [0.717, 1.165) is 25.9 Å². The maximum atomic E-state index is 12.1. The van der Waals surface area contributed by atoms with Crippen LogP contribution in [0.15, 0.2) is 18.2 Å². The Labute approximate surface area is 123 Å². The molecule has 1 aliphatic heterocycles. The number of amides is 1. The molecule has 1 aliphatic rings. The summed E-state index contributed by atoms with van der Waals surface area (Å²) >= 11 is 5.91. The number of rotatable bonds is 4. The van der Waals surface area contributed by atoms with Gasteiger partial charge in [0.15, 0.2) is 12.9 Å². The fourth-order valence-corrected chi connectivity index (χ4v) is 2.52. The molecule has 1 amide bonds. The zero-order valence-corrected chi connectivity index (χ0v) is 12.1. The van der Waals surface area contributed by atoms with E-state index < -0.39 is 0 Å². The first-order valence-corrected chi connectivity index (χ1v) is 7.24. The van der Waals surface area contributed by atoms with Gasteiger partial charge in [-0.1, -0.05) is 30.5 Å². The molecule has 0 saturated carbocycles. The van der Waals surface area contributed by atoms with E-state index in [1.54, 1.807) is 18.2 Å². The number of carbonyl (C=O) groups excluding carboxylic acids is 2. The maximum Gasteiger partial charge on any atom is 0.260 e. The lowest BCUT2D eigenvalue weighted by molar-refractivity contribution is -0.133. The van der Waals surface area contributed by atoms with Gasteiger partial charge in [0.25, 0.3) is 5.91 Å². The zero-order valence-electron chi connectivity index (χ0n) is 11.3. The summed E-state index contributed by atoms with van der Waals surface area (Å²) in [7, 11) is 0. The van der Waals surface area contributed by atoms with Crippen molar-refractivity contribution in [3.05, 3.63) is 28.8 Å². The molecular formula is C15H18ClNO3. The van der Waals surface area contributed by atoms with Crippen LogP contribution in [0.4, 0.5) is 0 Å². The van der Waals surface area contributed by atoms with Crippen LogP contribution in [-0.2, 0) is 4.79 Å². The van der Waals surface area contributed by atoms with Crippen LogP contribution in [0.3, 0.4) is 0 Å². The average Bonchev–Trinajstić information content (AvgIpc) is 2.74. The van der Waals surface area contributed by atoms with E-state index in [4.69, 9.17) is 16.3 Å². The molecule has 1 aromatic carbocycles. The smallest absolute Gasteiger partial charge is 0.260 e. The van der Waals surface area contributed by atoms with Crippen LogP contribution in [0.25, 0.3) is 0 Å². The highest BCUT2D eigenvalue weighted by molar-refractivity contribution is 6.33. The zero-order chi connectivity index (χ0) is 14.4. The second-order valence-corrected chi connectivity index (χ2v) is 5.26. The number of nitrogens with zero attached hydrogens (tertiary/aromatic N) is 1. The molecule has 0 aromatic heterocycles. The molecule has 0 bridgehead atoms. The van der Waals surface area contributed by atoms with E-state index in [-0.39, 0.29) is 18.1 Å². The highest BCUT2D eigenvalue weighted by Crippen LogP contribution is 2.24. The summed E-state index contributed by atoms with van der Waals surface area (Å²) in [5.74, 6) is 0.319. The lowest BCUT2D eigenvalue weighted by Crippen LogP contribution is -2.35. The number of aldehydes is 1. The van der Waals surface area contributed by atoms with Crippen molar-refractivity contribution in [3.8, 4) is 5.75 Å². The Bertz CT molecular complexity index is 482. The molecule has 0 aliphatic carbocycles. The largest absolute Gasteiger partial charge is 0.483 e. The highest BCUT2D eigenvalue weighted by Gasteiger charge is 2.17. The number of likely N-dealkylation sites (tertiary alicyclic amines) is 1. The minimum Gasteiger partial charge on any atom is -0.483 e. The van der Waals surface area contributed by atoms with Crippen LogP contribution in [0.1, 0.15) is 36.0 Å². The summed E-state index contributed by atoms with van der Waals surface area (Å²) in [4.78, 5) is 24.9. The third-order valence-corrected chi connectivity index (χ3v) is 3.77. The van der Waals surface area contributed by atoms with Crippen molar-refractivity contribution in [2.24, 2.45) is 0 Å². The molecule has 0 unspecified atom stereocenters. The van der Waals surface area contributed by atoms with Crippen LogP contribution in [0.5, 0.6) is 5.75 Å². The van der Waals surface area contributed by atoms with Gasteiger partial charge in [-0.05, 0) is 25.0 Å². The van der Waals surface area contributed by atoms with Gasteiger partial charge in [-0.25, -0.2) is 0 Å². The number of benzene rings is 1. The molecule has 4 nitrogen and oxygen atoms in total.